The average Bonchev–Trinajstić information content (AvgIpc) is 2.64. The first-order valence-corrected chi connectivity index (χ1v) is 5.12. The van der Waals surface area contributed by atoms with E-state index < -0.39 is 0 Å². The number of nitrogens with zero attached hydrogens (tertiary/aromatic N) is 2. The average molecular weight is 195 g/mol. The van der Waals surface area contributed by atoms with Gasteiger partial charge in [-0.05, 0) is 19.4 Å². The van der Waals surface area contributed by atoms with Crippen LogP contribution in [0, 0.1) is 5.92 Å². The van der Waals surface area contributed by atoms with Gasteiger partial charge in [0.05, 0.1) is 0 Å². The van der Waals surface area contributed by atoms with Crippen molar-refractivity contribution in [2.24, 2.45) is 18.7 Å². The van der Waals surface area contributed by atoms with Crippen molar-refractivity contribution < 1.29 is 4.74 Å². The van der Waals surface area contributed by atoms with Crippen LogP contribution in [0.15, 0.2) is 12.4 Å². The lowest BCUT2D eigenvalue weighted by molar-refractivity contribution is -0.0317. The number of hydrogen-bond donors (Lipinski definition) is 1. The molecule has 1 aromatic heterocycles. The van der Waals surface area contributed by atoms with Crippen LogP contribution in [0.1, 0.15) is 24.8 Å². The van der Waals surface area contributed by atoms with Gasteiger partial charge >= 0.3 is 0 Å². The predicted octanol–water partition coefficient (Wildman–Crippen LogP) is 0.847. The number of imidazole rings is 1. The lowest BCUT2D eigenvalue weighted by Gasteiger charge is -2.30. The van der Waals surface area contributed by atoms with Gasteiger partial charge in [-0.15, -0.1) is 0 Å². The van der Waals surface area contributed by atoms with E-state index in [9.17, 15) is 0 Å². The molecule has 0 spiro atoms. The fraction of sp³-hybridized carbons (Fsp3) is 0.700. The van der Waals surface area contributed by atoms with Crippen molar-refractivity contribution in [1.82, 2.24) is 9.55 Å². The molecular weight excluding hydrogens is 178 g/mol. The summed E-state index contributed by atoms with van der Waals surface area (Å²) in [6.07, 6.45) is 6.10. The molecule has 14 heavy (non-hydrogen) atoms. The highest BCUT2D eigenvalue weighted by molar-refractivity contribution is 4.99. The molecule has 2 unspecified atom stereocenters. The molecule has 0 bridgehead atoms. The number of aromatic nitrogens is 2. The van der Waals surface area contributed by atoms with Crippen LogP contribution in [-0.4, -0.2) is 22.7 Å². The molecule has 0 saturated carbocycles. The van der Waals surface area contributed by atoms with Gasteiger partial charge in [0.2, 0.25) is 0 Å². The number of rotatable bonds is 2. The number of aryl methyl sites for hydroxylation is 1. The molecule has 1 aliphatic rings. The van der Waals surface area contributed by atoms with Crippen molar-refractivity contribution >= 4 is 0 Å². The Morgan fingerprint density at radius 3 is 3.21 bits per heavy atom. The summed E-state index contributed by atoms with van der Waals surface area (Å²) in [7, 11) is 1.99. The van der Waals surface area contributed by atoms with Crippen LogP contribution in [0.25, 0.3) is 0 Å². The van der Waals surface area contributed by atoms with E-state index in [0.29, 0.717) is 12.5 Å². The summed E-state index contributed by atoms with van der Waals surface area (Å²) in [5, 5.41) is 0. The van der Waals surface area contributed by atoms with Crippen molar-refractivity contribution in [2.75, 3.05) is 13.2 Å². The van der Waals surface area contributed by atoms with Crippen molar-refractivity contribution in [3.05, 3.63) is 18.2 Å². The zero-order chi connectivity index (χ0) is 9.97. The molecule has 4 nitrogen and oxygen atoms in total. The van der Waals surface area contributed by atoms with Crippen molar-refractivity contribution in [3.63, 3.8) is 0 Å². The highest BCUT2D eigenvalue weighted by atomic mass is 16.5. The van der Waals surface area contributed by atoms with Crippen LogP contribution >= 0.6 is 0 Å². The molecule has 2 rings (SSSR count). The molecule has 0 radical (unpaired) electrons. The second-order valence-corrected chi connectivity index (χ2v) is 3.83. The molecule has 78 valence electrons. The summed E-state index contributed by atoms with van der Waals surface area (Å²) >= 11 is 0. The molecule has 2 atom stereocenters. The molecule has 1 fully saturated rings. The van der Waals surface area contributed by atoms with Gasteiger partial charge < -0.3 is 15.0 Å². The molecule has 0 amide bonds. The van der Waals surface area contributed by atoms with E-state index in [1.165, 1.54) is 0 Å². The quantitative estimate of drug-likeness (QED) is 0.761. The zero-order valence-electron chi connectivity index (χ0n) is 8.52. The topological polar surface area (TPSA) is 53.1 Å². The molecule has 4 heteroatoms. The summed E-state index contributed by atoms with van der Waals surface area (Å²) in [5.41, 5.74) is 5.73. The SMILES string of the molecule is Cn1ccnc1C1OCCCC1CN. The number of nitrogens with two attached hydrogens (primary N) is 1. The van der Waals surface area contributed by atoms with Crippen LogP contribution in [0.4, 0.5) is 0 Å². The van der Waals surface area contributed by atoms with Gasteiger partial charge in [0.25, 0.3) is 0 Å². The Morgan fingerprint density at radius 2 is 2.57 bits per heavy atom. The Bertz CT molecular complexity index is 297. The molecule has 0 aromatic carbocycles. The van der Waals surface area contributed by atoms with Crippen LogP contribution in [0.3, 0.4) is 0 Å². The first-order valence-electron chi connectivity index (χ1n) is 5.12. The molecular formula is C10H17N3O. The van der Waals surface area contributed by atoms with Gasteiger partial charge in [0.15, 0.2) is 0 Å². The summed E-state index contributed by atoms with van der Waals surface area (Å²) in [6.45, 7) is 1.51. The summed E-state index contributed by atoms with van der Waals surface area (Å²) < 4.78 is 7.76. The molecule has 1 aromatic rings. The second-order valence-electron chi connectivity index (χ2n) is 3.83. The maximum atomic E-state index is 5.74. The van der Waals surface area contributed by atoms with Crippen LogP contribution < -0.4 is 5.73 Å². The Hall–Kier alpha value is -0.870. The fourth-order valence-corrected chi connectivity index (χ4v) is 2.02. The van der Waals surface area contributed by atoms with E-state index in [2.05, 4.69) is 4.98 Å². The Labute approximate surface area is 84.1 Å². The largest absolute Gasteiger partial charge is 0.370 e. The normalized spacial score (nSPS) is 27.9. The van der Waals surface area contributed by atoms with E-state index >= 15 is 0 Å². The maximum absolute atomic E-state index is 5.74. The number of ether oxygens (including phenoxy) is 1. The molecule has 1 saturated heterocycles. The van der Waals surface area contributed by atoms with Gasteiger partial charge in [0, 0.05) is 32.0 Å². The van der Waals surface area contributed by atoms with Crippen molar-refractivity contribution in [1.29, 1.82) is 0 Å². The van der Waals surface area contributed by atoms with Crippen LogP contribution in [0.5, 0.6) is 0 Å². The van der Waals surface area contributed by atoms with E-state index in [4.69, 9.17) is 10.5 Å². The van der Waals surface area contributed by atoms with Gasteiger partial charge in [-0.25, -0.2) is 4.98 Å². The zero-order valence-corrected chi connectivity index (χ0v) is 8.52. The van der Waals surface area contributed by atoms with Gasteiger partial charge in [-0.1, -0.05) is 0 Å². The second kappa shape index (κ2) is 4.11. The van der Waals surface area contributed by atoms with E-state index in [1.54, 1.807) is 6.20 Å². The first kappa shape index (κ1) is 9.68. The molecule has 1 aliphatic heterocycles. The molecule has 0 aliphatic carbocycles. The van der Waals surface area contributed by atoms with Crippen molar-refractivity contribution in [2.45, 2.75) is 18.9 Å². The lowest BCUT2D eigenvalue weighted by Crippen LogP contribution is -2.30. The van der Waals surface area contributed by atoms with Crippen molar-refractivity contribution in [3.8, 4) is 0 Å². The highest BCUT2D eigenvalue weighted by Gasteiger charge is 2.28. The Morgan fingerprint density at radius 1 is 1.71 bits per heavy atom. The first-order chi connectivity index (χ1) is 6.83. The summed E-state index contributed by atoms with van der Waals surface area (Å²) in [5.74, 6) is 1.42. The Kier molecular flexibility index (Phi) is 2.84. The van der Waals surface area contributed by atoms with E-state index in [1.807, 2.05) is 17.8 Å². The minimum atomic E-state index is 0.0914. The maximum Gasteiger partial charge on any atom is 0.137 e. The monoisotopic (exact) mass is 195 g/mol. The fourth-order valence-electron chi connectivity index (χ4n) is 2.02. The standard InChI is InChI=1S/C10H17N3O/c1-13-5-4-12-10(13)9-8(7-11)3-2-6-14-9/h4-5,8-9H,2-3,6-7,11H2,1H3. The van der Waals surface area contributed by atoms with Gasteiger partial charge in [0.1, 0.15) is 11.9 Å². The van der Waals surface area contributed by atoms with Gasteiger partial charge in [-0.3, -0.25) is 0 Å². The highest BCUT2D eigenvalue weighted by Crippen LogP contribution is 2.31. The minimum Gasteiger partial charge on any atom is -0.370 e. The van der Waals surface area contributed by atoms with Crippen LogP contribution in [0.2, 0.25) is 0 Å². The summed E-state index contributed by atoms with van der Waals surface area (Å²) in [4.78, 5) is 4.32. The van der Waals surface area contributed by atoms with Crippen LogP contribution in [-0.2, 0) is 11.8 Å². The lowest BCUT2D eigenvalue weighted by atomic mass is 9.94. The third kappa shape index (κ3) is 1.67. The van der Waals surface area contributed by atoms with E-state index in [-0.39, 0.29) is 6.10 Å². The minimum absolute atomic E-state index is 0.0914. The predicted molar refractivity (Wildman–Crippen MR) is 53.7 cm³/mol. The molecule has 2 heterocycles. The smallest absolute Gasteiger partial charge is 0.137 e. The molecule has 2 N–H and O–H groups in total. The van der Waals surface area contributed by atoms with E-state index in [0.717, 1.165) is 25.3 Å². The van der Waals surface area contributed by atoms with Gasteiger partial charge in [-0.2, -0.15) is 0 Å². The Balaban J connectivity index is 2.19. The third-order valence-corrected chi connectivity index (χ3v) is 2.86. The third-order valence-electron chi connectivity index (χ3n) is 2.86. The summed E-state index contributed by atoms with van der Waals surface area (Å²) in [6, 6.07) is 0. The number of hydrogen-bond acceptors (Lipinski definition) is 3.